The molecule has 3 N–H and O–H groups in total. The van der Waals surface area contributed by atoms with Gasteiger partial charge in [-0.2, -0.15) is 0 Å². The van der Waals surface area contributed by atoms with Gasteiger partial charge in [0.15, 0.2) is 0 Å². The Morgan fingerprint density at radius 3 is 2.84 bits per heavy atom. The molecule has 5 nitrogen and oxygen atoms in total. The van der Waals surface area contributed by atoms with Crippen LogP contribution in [0, 0.1) is 0 Å². The molecule has 1 aliphatic heterocycles. The van der Waals surface area contributed by atoms with E-state index >= 15 is 0 Å². The van der Waals surface area contributed by atoms with Crippen LogP contribution in [0.25, 0.3) is 11.1 Å². The fraction of sp³-hybridized carbons (Fsp3) is 0.429. The van der Waals surface area contributed by atoms with E-state index in [-0.39, 0.29) is 0 Å². The van der Waals surface area contributed by atoms with Crippen molar-refractivity contribution in [1.29, 1.82) is 0 Å². The summed E-state index contributed by atoms with van der Waals surface area (Å²) in [5.41, 5.74) is 2.14. The number of rotatable bonds is 5. The largest absolute Gasteiger partial charge is 0.367 e. The standard InChI is InChI=1S/C14H19N5/c1-2-13(16-5-1)4-7-17-14-18-9-12(10-19-14)11-3-6-15-8-11/h3,6,8-10,13,15-16H,1-2,4-5,7H2,(H,17,18,19). The Hall–Kier alpha value is -1.88. The average molecular weight is 257 g/mol. The van der Waals surface area contributed by atoms with Crippen LogP contribution in [0.3, 0.4) is 0 Å². The number of H-pyrrole nitrogens is 1. The van der Waals surface area contributed by atoms with E-state index in [1.807, 2.05) is 30.9 Å². The topological polar surface area (TPSA) is 65.6 Å². The third kappa shape index (κ3) is 3.12. The third-order valence-corrected chi connectivity index (χ3v) is 3.52. The number of nitrogens with zero attached hydrogens (tertiary/aromatic N) is 2. The molecule has 0 spiro atoms. The van der Waals surface area contributed by atoms with Gasteiger partial charge >= 0.3 is 0 Å². The lowest BCUT2D eigenvalue weighted by Gasteiger charge is -2.10. The summed E-state index contributed by atoms with van der Waals surface area (Å²) in [6.07, 6.45) is 11.3. The Kier molecular flexibility index (Phi) is 3.74. The van der Waals surface area contributed by atoms with Crippen molar-refractivity contribution in [2.24, 2.45) is 0 Å². The molecule has 5 heteroatoms. The van der Waals surface area contributed by atoms with Gasteiger partial charge in [-0.25, -0.2) is 9.97 Å². The number of aromatic nitrogens is 3. The number of hydrogen-bond acceptors (Lipinski definition) is 4. The van der Waals surface area contributed by atoms with Gasteiger partial charge in [-0.1, -0.05) is 0 Å². The fourth-order valence-electron chi connectivity index (χ4n) is 2.43. The van der Waals surface area contributed by atoms with E-state index in [1.165, 1.54) is 12.8 Å². The van der Waals surface area contributed by atoms with Crippen molar-refractivity contribution in [3.63, 3.8) is 0 Å². The molecular weight excluding hydrogens is 238 g/mol. The van der Waals surface area contributed by atoms with Crippen LogP contribution in [0.15, 0.2) is 30.9 Å². The first kappa shape index (κ1) is 12.2. The molecule has 3 heterocycles. The molecule has 19 heavy (non-hydrogen) atoms. The SMILES string of the molecule is c1cc(-c2cnc(NCCC3CCCN3)nc2)c[nH]1. The van der Waals surface area contributed by atoms with Crippen molar-refractivity contribution in [3.05, 3.63) is 30.9 Å². The molecule has 1 unspecified atom stereocenters. The number of hydrogen-bond donors (Lipinski definition) is 3. The van der Waals surface area contributed by atoms with Gasteiger partial charge in [0.25, 0.3) is 0 Å². The van der Waals surface area contributed by atoms with E-state index in [1.54, 1.807) is 0 Å². The van der Waals surface area contributed by atoms with Gasteiger partial charge in [-0.05, 0) is 31.9 Å². The van der Waals surface area contributed by atoms with Gasteiger partial charge in [-0.3, -0.25) is 0 Å². The summed E-state index contributed by atoms with van der Waals surface area (Å²) in [6.45, 7) is 2.08. The second-order valence-corrected chi connectivity index (χ2v) is 4.90. The van der Waals surface area contributed by atoms with Crippen molar-refractivity contribution in [1.82, 2.24) is 20.3 Å². The van der Waals surface area contributed by atoms with Crippen LogP contribution in [0.1, 0.15) is 19.3 Å². The maximum atomic E-state index is 4.34. The predicted molar refractivity (Wildman–Crippen MR) is 76.0 cm³/mol. The van der Waals surface area contributed by atoms with E-state index in [2.05, 4.69) is 25.6 Å². The molecule has 0 radical (unpaired) electrons. The zero-order valence-corrected chi connectivity index (χ0v) is 10.9. The Morgan fingerprint density at radius 1 is 1.26 bits per heavy atom. The first-order valence-electron chi connectivity index (χ1n) is 6.84. The number of anilines is 1. The molecular formula is C14H19N5. The smallest absolute Gasteiger partial charge is 0.222 e. The molecule has 100 valence electrons. The Balaban J connectivity index is 1.51. The first-order chi connectivity index (χ1) is 9.42. The van der Waals surface area contributed by atoms with Crippen molar-refractivity contribution in [3.8, 4) is 11.1 Å². The highest BCUT2D eigenvalue weighted by molar-refractivity contribution is 5.60. The van der Waals surface area contributed by atoms with Crippen molar-refractivity contribution < 1.29 is 0 Å². The highest BCUT2D eigenvalue weighted by Gasteiger charge is 2.13. The van der Waals surface area contributed by atoms with E-state index in [0.29, 0.717) is 12.0 Å². The van der Waals surface area contributed by atoms with E-state index in [0.717, 1.165) is 30.6 Å². The molecule has 2 aromatic rings. The molecule has 1 atom stereocenters. The second-order valence-electron chi connectivity index (χ2n) is 4.90. The molecule has 3 rings (SSSR count). The highest BCUT2D eigenvalue weighted by Crippen LogP contribution is 2.16. The summed E-state index contributed by atoms with van der Waals surface area (Å²) in [6, 6.07) is 2.67. The normalized spacial score (nSPS) is 18.6. The maximum Gasteiger partial charge on any atom is 0.222 e. The molecule has 2 aromatic heterocycles. The van der Waals surface area contributed by atoms with Gasteiger partial charge in [0.05, 0.1) is 0 Å². The molecule has 1 fully saturated rings. The van der Waals surface area contributed by atoms with Gasteiger partial charge in [0.2, 0.25) is 5.95 Å². The van der Waals surface area contributed by atoms with E-state index in [9.17, 15) is 0 Å². The van der Waals surface area contributed by atoms with Crippen LogP contribution in [0.4, 0.5) is 5.95 Å². The van der Waals surface area contributed by atoms with E-state index in [4.69, 9.17) is 0 Å². The molecule has 0 saturated carbocycles. The minimum atomic E-state index is 0.659. The molecule has 1 saturated heterocycles. The Bertz CT molecular complexity index is 485. The minimum absolute atomic E-state index is 0.659. The zero-order valence-electron chi connectivity index (χ0n) is 10.9. The molecule has 0 aromatic carbocycles. The summed E-state index contributed by atoms with van der Waals surface area (Å²) in [5.74, 6) is 0.706. The minimum Gasteiger partial charge on any atom is -0.367 e. The van der Waals surface area contributed by atoms with Crippen molar-refractivity contribution in [2.45, 2.75) is 25.3 Å². The quantitative estimate of drug-likeness (QED) is 0.766. The van der Waals surface area contributed by atoms with Crippen molar-refractivity contribution in [2.75, 3.05) is 18.4 Å². The third-order valence-electron chi connectivity index (χ3n) is 3.52. The van der Waals surface area contributed by atoms with Crippen LogP contribution in [0.2, 0.25) is 0 Å². The average Bonchev–Trinajstić information content (AvgIpc) is 3.13. The molecule has 0 bridgehead atoms. The van der Waals surface area contributed by atoms with Crippen LogP contribution in [-0.2, 0) is 0 Å². The van der Waals surface area contributed by atoms with E-state index < -0.39 is 0 Å². The fourth-order valence-corrected chi connectivity index (χ4v) is 2.43. The monoisotopic (exact) mass is 257 g/mol. The summed E-state index contributed by atoms with van der Waals surface area (Å²) in [5, 5.41) is 6.76. The van der Waals surface area contributed by atoms with Gasteiger partial charge in [0, 0.05) is 48.5 Å². The zero-order chi connectivity index (χ0) is 12.9. The summed E-state index contributed by atoms with van der Waals surface area (Å²) < 4.78 is 0. The summed E-state index contributed by atoms with van der Waals surface area (Å²) in [4.78, 5) is 11.7. The van der Waals surface area contributed by atoms with Crippen LogP contribution in [0.5, 0.6) is 0 Å². The summed E-state index contributed by atoms with van der Waals surface area (Å²) >= 11 is 0. The lowest BCUT2D eigenvalue weighted by atomic mass is 10.1. The predicted octanol–water partition coefficient (Wildman–Crippen LogP) is 2.03. The first-order valence-corrected chi connectivity index (χ1v) is 6.84. The number of nitrogens with one attached hydrogen (secondary N) is 3. The number of aromatic amines is 1. The Labute approximate surface area is 112 Å². The summed E-state index contributed by atoms with van der Waals surface area (Å²) in [7, 11) is 0. The van der Waals surface area contributed by atoms with Crippen molar-refractivity contribution >= 4 is 5.95 Å². The van der Waals surface area contributed by atoms with Gasteiger partial charge < -0.3 is 15.6 Å². The Morgan fingerprint density at radius 2 is 2.16 bits per heavy atom. The highest BCUT2D eigenvalue weighted by atomic mass is 15.1. The molecule has 0 amide bonds. The molecule has 1 aliphatic rings. The van der Waals surface area contributed by atoms with Gasteiger partial charge in [-0.15, -0.1) is 0 Å². The van der Waals surface area contributed by atoms with Crippen LogP contribution < -0.4 is 10.6 Å². The maximum absolute atomic E-state index is 4.34. The lowest BCUT2D eigenvalue weighted by molar-refractivity contribution is 0.573. The molecule has 0 aliphatic carbocycles. The lowest BCUT2D eigenvalue weighted by Crippen LogP contribution is -2.24. The van der Waals surface area contributed by atoms with Gasteiger partial charge in [0.1, 0.15) is 0 Å². The second kappa shape index (κ2) is 5.84. The van der Waals surface area contributed by atoms with Crippen LogP contribution in [-0.4, -0.2) is 34.1 Å². The van der Waals surface area contributed by atoms with Crippen LogP contribution >= 0.6 is 0 Å².